The van der Waals surface area contributed by atoms with Gasteiger partial charge in [-0.15, -0.1) is 0 Å². The fraction of sp³-hybridized carbons (Fsp3) is 0.605. The van der Waals surface area contributed by atoms with Gasteiger partial charge in [0.2, 0.25) is 11.8 Å². The maximum atomic E-state index is 14.8. The minimum Gasteiger partial charge on any atom is -0.508 e. The highest BCUT2D eigenvalue weighted by atomic mass is 16.6. The summed E-state index contributed by atoms with van der Waals surface area (Å²) < 4.78 is 5.58. The van der Waals surface area contributed by atoms with Gasteiger partial charge in [0.05, 0.1) is 0 Å². The first-order chi connectivity index (χ1) is 21.9. The molecule has 0 heterocycles. The summed E-state index contributed by atoms with van der Waals surface area (Å²) in [6, 6.07) is 10.8. The van der Waals surface area contributed by atoms with Gasteiger partial charge in [-0.3, -0.25) is 9.59 Å². The normalized spacial score (nSPS) is 15.1. The molecule has 1 aliphatic rings. The average Bonchev–Trinajstić information content (AvgIpc) is 2.99. The number of ether oxygens (including phenoxy) is 1. The van der Waals surface area contributed by atoms with E-state index in [2.05, 4.69) is 23.6 Å². The Balaban J connectivity index is 2.04. The summed E-state index contributed by atoms with van der Waals surface area (Å²) in [5.41, 5.74) is 2.83. The molecule has 3 N–H and O–H groups in total. The molecule has 8 heteroatoms. The number of aromatic hydroxyl groups is 1. The molecule has 2 unspecified atom stereocenters. The third kappa shape index (κ3) is 12.0. The number of benzene rings is 2. The van der Waals surface area contributed by atoms with Gasteiger partial charge in [-0.1, -0.05) is 94.2 Å². The number of phenolic OH excluding ortho intramolecular Hbond substituents is 1. The van der Waals surface area contributed by atoms with Crippen LogP contribution >= 0.6 is 0 Å². The van der Waals surface area contributed by atoms with Gasteiger partial charge in [-0.05, 0) is 82.7 Å². The van der Waals surface area contributed by atoms with Crippen LogP contribution in [0.4, 0.5) is 4.79 Å². The predicted octanol–water partition coefficient (Wildman–Crippen LogP) is 7.82. The van der Waals surface area contributed by atoms with Crippen molar-refractivity contribution in [1.82, 2.24) is 15.5 Å². The van der Waals surface area contributed by atoms with Gasteiger partial charge in [0.25, 0.3) is 0 Å². The van der Waals surface area contributed by atoms with Crippen LogP contribution in [0.1, 0.15) is 127 Å². The largest absolute Gasteiger partial charge is 0.508 e. The molecular weight excluding hydrogens is 578 g/mol. The highest BCUT2D eigenvalue weighted by Gasteiger charge is 2.37. The lowest BCUT2D eigenvalue weighted by molar-refractivity contribution is -0.143. The van der Waals surface area contributed by atoms with E-state index < -0.39 is 23.8 Å². The van der Waals surface area contributed by atoms with E-state index >= 15 is 0 Å². The number of phenols is 1. The molecule has 1 fully saturated rings. The molecule has 0 spiro atoms. The quantitative estimate of drug-likeness (QED) is 0.173. The van der Waals surface area contributed by atoms with E-state index in [1.807, 2.05) is 26.0 Å². The summed E-state index contributed by atoms with van der Waals surface area (Å²) in [4.78, 5) is 43.9. The summed E-state index contributed by atoms with van der Waals surface area (Å²) in [5.74, 6) is -0.402. The number of carbonyl (C=O) groups is 3. The Morgan fingerprint density at radius 1 is 0.935 bits per heavy atom. The van der Waals surface area contributed by atoms with Crippen molar-refractivity contribution in [3.63, 3.8) is 0 Å². The number of hydrogen-bond acceptors (Lipinski definition) is 5. The van der Waals surface area contributed by atoms with Gasteiger partial charge in [-0.25, -0.2) is 4.79 Å². The molecule has 254 valence electrons. The number of aryl methyl sites for hydroxylation is 2. The maximum absolute atomic E-state index is 14.8. The highest BCUT2D eigenvalue weighted by Crippen LogP contribution is 2.29. The molecule has 0 aromatic heterocycles. The van der Waals surface area contributed by atoms with E-state index in [0.29, 0.717) is 6.54 Å². The monoisotopic (exact) mass is 635 g/mol. The first kappa shape index (κ1) is 36.9. The van der Waals surface area contributed by atoms with Crippen LogP contribution in [0.15, 0.2) is 42.5 Å². The van der Waals surface area contributed by atoms with Crippen LogP contribution in [0.2, 0.25) is 0 Å². The number of rotatable bonds is 15. The van der Waals surface area contributed by atoms with E-state index in [0.717, 1.165) is 80.0 Å². The summed E-state index contributed by atoms with van der Waals surface area (Å²) in [5, 5.41) is 16.0. The predicted molar refractivity (Wildman–Crippen MR) is 184 cm³/mol. The molecule has 3 amide bonds. The number of amides is 3. The Morgan fingerprint density at radius 2 is 1.59 bits per heavy atom. The van der Waals surface area contributed by atoms with Crippen LogP contribution in [0, 0.1) is 13.8 Å². The number of unbranched alkanes of at least 4 members (excludes halogenated alkanes) is 5. The van der Waals surface area contributed by atoms with Crippen molar-refractivity contribution in [2.45, 2.75) is 142 Å². The van der Waals surface area contributed by atoms with Crippen molar-refractivity contribution in [3.05, 3.63) is 64.7 Å². The third-order valence-electron chi connectivity index (χ3n) is 8.63. The average molecular weight is 636 g/mol. The van der Waals surface area contributed by atoms with Gasteiger partial charge in [0, 0.05) is 19.0 Å². The Morgan fingerprint density at radius 3 is 2.22 bits per heavy atom. The first-order valence-electron chi connectivity index (χ1n) is 17.3. The van der Waals surface area contributed by atoms with Gasteiger partial charge in [0.1, 0.15) is 23.4 Å². The zero-order valence-electron chi connectivity index (χ0n) is 29.0. The molecule has 2 aromatic rings. The Hall–Kier alpha value is -3.55. The number of hydrogen-bond donors (Lipinski definition) is 3. The van der Waals surface area contributed by atoms with Crippen LogP contribution in [0.25, 0.3) is 0 Å². The third-order valence-corrected chi connectivity index (χ3v) is 8.63. The number of carbonyl (C=O) groups excluding carboxylic acids is 3. The summed E-state index contributed by atoms with van der Waals surface area (Å²) >= 11 is 0. The summed E-state index contributed by atoms with van der Waals surface area (Å²) in [7, 11) is 0. The van der Waals surface area contributed by atoms with Crippen molar-refractivity contribution in [2.24, 2.45) is 0 Å². The Bertz CT molecular complexity index is 1260. The van der Waals surface area contributed by atoms with Crippen molar-refractivity contribution >= 4 is 17.9 Å². The minimum absolute atomic E-state index is 0.0770. The van der Waals surface area contributed by atoms with Crippen LogP contribution in [-0.4, -0.2) is 52.1 Å². The topological polar surface area (TPSA) is 108 Å². The van der Waals surface area contributed by atoms with E-state index in [9.17, 15) is 19.5 Å². The van der Waals surface area contributed by atoms with Gasteiger partial charge >= 0.3 is 6.09 Å². The van der Waals surface area contributed by atoms with E-state index in [-0.39, 0.29) is 30.0 Å². The van der Waals surface area contributed by atoms with E-state index in [4.69, 9.17) is 4.74 Å². The van der Waals surface area contributed by atoms with Crippen LogP contribution in [0.5, 0.6) is 5.75 Å². The standard InChI is InChI=1S/C38H57N3O5/c1-7-8-9-10-11-15-24-41(34(32-23-18-27(2)25-28(32)3)35(43)39-30-16-13-12-14-17-30)36(44)33(40-37(45)46-38(4,5)6)26-29-19-21-31(42)22-20-29/h18-23,25,30,33-34,42H,7-17,24,26H2,1-6H3,(H,39,43)(H,40,45). The molecule has 1 aliphatic carbocycles. The molecule has 46 heavy (non-hydrogen) atoms. The molecule has 0 aliphatic heterocycles. The lowest BCUT2D eigenvalue weighted by atomic mass is 9.93. The number of nitrogens with one attached hydrogen (secondary N) is 2. The van der Waals surface area contributed by atoms with Crippen molar-refractivity contribution in [3.8, 4) is 5.75 Å². The lowest BCUT2D eigenvalue weighted by Crippen LogP contribution is -2.54. The zero-order valence-corrected chi connectivity index (χ0v) is 29.0. The number of alkyl carbamates (subject to hydrolysis) is 1. The number of nitrogens with zero attached hydrogens (tertiary/aromatic N) is 1. The van der Waals surface area contributed by atoms with Gasteiger partial charge < -0.3 is 25.4 Å². The molecule has 3 rings (SSSR count). The second kappa shape index (κ2) is 18.0. The first-order valence-corrected chi connectivity index (χ1v) is 17.3. The molecule has 0 radical (unpaired) electrons. The molecule has 2 aromatic carbocycles. The molecule has 8 nitrogen and oxygen atoms in total. The fourth-order valence-corrected chi connectivity index (χ4v) is 6.26. The maximum Gasteiger partial charge on any atom is 0.408 e. The lowest BCUT2D eigenvalue weighted by Gasteiger charge is -2.36. The zero-order chi connectivity index (χ0) is 33.7. The van der Waals surface area contributed by atoms with Crippen LogP contribution in [-0.2, 0) is 20.7 Å². The van der Waals surface area contributed by atoms with E-state index in [1.165, 1.54) is 12.8 Å². The van der Waals surface area contributed by atoms with Crippen molar-refractivity contribution < 1.29 is 24.2 Å². The van der Waals surface area contributed by atoms with Crippen LogP contribution in [0.3, 0.4) is 0 Å². The molecule has 0 bridgehead atoms. The minimum atomic E-state index is -0.991. The fourth-order valence-electron chi connectivity index (χ4n) is 6.26. The molecule has 2 atom stereocenters. The summed E-state index contributed by atoms with van der Waals surface area (Å²) in [6.45, 7) is 11.9. The molecular formula is C38H57N3O5. The second-order valence-electron chi connectivity index (χ2n) is 14.0. The Kier molecular flexibility index (Phi) is 14.4. The second-order valence-corrected chi connectivity index (χ2v) is 14.0. The smallest absolute Gasteiger partial charge is 0.408 e. The molecule has 1 saturated carbocycles. The van der Waals surface area contributed by atoms with Crippen molar-refractivity contribution in [1.29, 1.82) is 0 Å². The summed E-state index contributed by atoms with van der Waals surface area (Å²) in [6.07, 6.45) is 10.9. The van der Waals surface area contributed by atoms with Crippen LogP contribution < -0.4 is 10.6 Å². The SMILES string of the molecule is CCCCCCCCN(C(=O)C(Cc1ccc(O)cc1)NC(=O)OC(C)(C)C)C(C(=O)NC1CCCCC1)c1ccc(C)cc1C. The highest BCUT2D eigenvalue weighted by molar-refractivity contribution is 5.92. The molecule has 0 saturated heterocycles. The van der Waals surface area contributed by atoms with E-state index in [1.54, 1.807) is 49.9 Å². The van der Waals surface area contributed by atoms with Gasteiger partial charge in [-0.2, -0.15) is 0 Å². The van der Waals surface area contributed by atoms with Crippen molar-refractivity contribution in [2.75, 3.05) is 6.54 Å². The van der Waals surface area contributed by atoms with Gasteiger partial charge in [0.15, 0.2) is 0 Å². The Labute approximate surface area is 276 Å².